The highest BCUT2D eigenvalue weighted by molar-refractivity contribution is 5.83. The average molecular weight is 491 g/mol. The topological polar surface area (TPSA) is 0 Å². The number of hydrogen-bond donors (Lipinski definition) is 0. The maximum absolute atomic E-state index is 2.22. The standard InChI is InChI=1S/C12H12.C8H10.2C7H8.C3H8/c1-9-3-5-12-8-10(2)4-6-11(12)7-9;1-7-3-5-8(2)6-4-7;2*1-7-5-3-2-4-6-7;1-3-2/h3-8H,1-2H3;3-6H,1-2H3;2*2-6H,1H3;3H2,1-2H3. The first-order valence-electron chi connectivity index (χ1n) is 13.3. The monoisotopic (exact) mass is 490 g/mol. The van der Waals surface area contributed by atoms with E-state index in [9.17, 15) is 0 Å². The van der Waals surface area contributed by atoms with Gasteiger partial charge in [-0.2, -0.15) is 0 Å². The molecular weight excluding hydrogens is 444 g/mol. The van der Waals surface area contributed by atoms with E-state index in [4.69, 9.17) is 0 Å². The van der Waals surface area contributed by atoms with Gasteiger partial charge in [0.25, 0.3) is 0 Å². The Bertz CT molecular complexity index is 1130. The van der Waals surface area contributed by atoms with Crippen LogP contribution in [0.5, 0.6) is 0 Å². The Morgan fingerprint density at radius 2 is 0.568 bits per heavy atom. The third kappa shape index (κ3) is 15.2. The lowest BCUT2D eigenvalue weighted by Crippen LogP contribution is -1.76. The number of aryl methyl sites for hydroxylation is 6. The number of fused-ring (bicyclic) bond motifs is 1. The molecule has 0 atom stereocenters. The highest BCUT2D eigenvalue weighted by Crippen LogP contribution is 2.16. The molecule has 0 fully saturated rings. The molecule has 5 aromatic rings. The number of benzene rings is 5. The first-order valence-corrected chi connectivity index (χ1v) is 13.3. The van der Waals surface area contributed by atoms with Crippen molar-refractivity contribution in [2.75, 3.05) is 0 Å². The van der Waals surface area contributed by atoms with Crippen molar-refractivity contribution in [3.05, 3.63) is 155 Å². The van der Waals surface area contributed by atoms with Crippen LogP contribution in [0.2, 0.25) is 0 Å². The molecule has 0 spiro atoms. The van der Waals surface area contributed by atoms with Crippen LogP contribution in [-0.4, -0.2) is 0 Å². The molecule has 0 aliphatic rings. The predicted molar refractivity (Wildman–Crippen MR) is 168 cm³/mol. The molecule has 37 heavy (non-hydrogen) atoms. The molecule has 194 valence electrons. The van der Waals surface area contributed by atoms with Crippen molar-refractivity contribution in [3.63, 3.8) is 0 Å². The van der Waals surface area contributed by atoms with Crippen LogP contribution in [0, 0.1) is 41.5 Å². The Balaban J connectivity index is 0.000000244. The molecule has 0 bridgehead atoms. The van der Waals surface area contributed by atoms with Crippen LogP contribution in [0.25, 0.3) is 10.8 Å². The van der Waals surface area contributed by atoms with Gasteiger partial charge in [0.15, 0.2) is 0 Å². The van der Waals surface area contributed by atoms with Crippen LogP contribution in [-0.2, 0) is 0 Å². The van der Waals surface area contributed by atoms with E-state index in [0.717, 1.165) is 0 Å². The summed E-state index contributed by atoms with van der Waals surface area (Å²) in [6, 6.07) is 42.1. The van der Waals surface area contributed by atoms with Crippen LogP contribution >= 0.6 is 0 Å². The molecule has 0 nitrogen and oxygen atoms in total. The van der Waals surface area contributed by atoms with Gasteiger partial charge >= 0.3 is 0 Å². The van der Waals surface area contributed by atoms with E-state index in [1.807, 2.05) is 36.4 Å². The van der Waals surface area contributed by atoms with Gasteiger partial charge in [0.05, 0.1) is 0 Å². The van der Waals surface area contributed by atoms with Crippen LogP contribution in [0.15, 0.2) is 121 Å². The van der Waals surface area contributed by atoms with Gasteiger partial charge < -0.3 is 0 Å². The Morgan fingerprint density at radius 3 is 0.811 bits per heavy atom. The molecule has 0 N–H and O–H groups in total. The van der Waals surface area contributed by atoms with Crippen molar-refractivity contribution in [2.24, 2.45) is 0 Å². The smallest absolute Gasteiger partial charge is 0.0181 e. The van der Waals surface area contributed by atoms with E-state index in [0.29, 0.717) is 0 Å². The zero-order valence-electron chi connectivity index (χ0n) is 24.3. The van der Waals surface area contributed by atoms with E-state index in [1.165, 1.54) is 50.6 Å². The lowest BCUT2D eigenvalue weighted by Gasteiger charge is -1.99. The maximum Gasteiger partial charge on any atom is -0.0181 e. The molecule has 0 aliphatic carbocycles. The third-order valence-electron chi connectivity index (χ3n) is 5.25. The van der Waals surface area contributed by atoms with Gasteiger partial charge in [0, 0.05) is 0 Å². The van der Waals surface area contributed by atoms with Gasteiger partial charge in [-0.15, -0.1) is 0 Å². The Labute approximate surface area is 227 Å². The fourth-order valence-electron chi connectivity index (χ4n) is 3.19. The molecule has 5 aromatic carbocycles. The third-order valence-corrected chi connectivity index (χ3v) is 5.25. The lowest BCUT2D eigenvalue weighted by atomic mass is 10.1. The Morgan fingerprint density at radius 1 is 0.324 bits per heavy atom. The number of hydrogen-bond acceptors (Lipinski definition) is 0. The maximum atomic E-state index is 2.22. The predicted octanol–water partition coefficient (Wildman–Crippen LogP) is 11.2. The SMILES string of the molecule is CCC.Cc1ccc(C)cc1.Cc1ccc2cc(C)ccc2c1.Cc1ccccc1.Cc1ccccc1. The largest absolute Gasteiger partial charge is 0.0656 e. The van der Waals surface area contributed by atoms with Crippen molar-refractivity contribution in [3.8, 4) is 0 Å². The van der Waals surface area contributed by atoms with Crippen molar-refractivity contribution >= 4 is 10.8 Å². The normalized spacial score (nSPS) is 9.19. The minimum absolute atomic E-state index is 1.25. The zero-order valence-corrected chi connectivity index (χ0v) is 24.3. The van der Waals surface area contributed by atoms with E-state index >= 15 is 0 Å². The Hall–Kier alpha value is -3.64. The van der Waals surface area contributed by atoms with Crippen molar-refractivity contribution < 1.29 is 0 Å². The average Bonchev–Trinajstić information content (AvgIpc) is 2.89. The summed E-state index contributed by atoms with van der Waals surface area (Å²) >= 11 is 0. The summed E-state index contributed by atoms with van der Waals surface area (Å²) in [6.07, 6.45) is 1.25. The molecule has 0 aliphatic heterocycles. The minimum atomic E-state index is 1.25. The van der Waals surface area contributed by atoms with Gasteiger partial charge in [-0.25, -0.2) is 0 Å². The summed E-state index contributed by atoms with van der Waals surface area (Å²) < 4.78 is 0. The van der Waals surface area contributed by atoms with Gasteiger partial charge in [-0.1, -0.05) is 175 Å². The second-order valence-corrected chi connectivity index (χ2v) is 9.53. The van der Waals surface area contributed by atoms with Crippen LogP contribution < -0.4 is 0 Å². The van der Waals surface area contributed by atoms with Crippen molar-refractivity contribution in [1.29, 1.82) is 0 Å². The summed E-state index contributed by atoms with van der Waals surface area (Å²) in [4.78, 5) is 0. The second-order valence-electron chi connectivity index (χ2n) is 9.53. The molecule has 0 unspecified atom stereocenters. The lowest BCUT2D eigenvalue weighted by molar-refractivity contribution is 1.09. The summed E-state index contributed by atoms with van der Waals surface area (Å²) in [5.74, 6) is 0. The highest BCUT2D eigenvalue weighted by atomic mass is 14.0. The first-order chi connectivity index (χ1) is 17.7. The molecule has 0 heteroatoms. The molecule has 5 rings (SSSR count). The second kappa shape index (κ2) is 18.6. The molecule has 0 saturated carbocycles. The quantitative estimate of drug-likeness (QED) is 0.202. The molecule has 0 amide bonds. The van der Waals surface area contributed by atoms with Gasteiger partial charge in [0.2, 0.25) is 0 Å². The molecule has 0 heterocycles. The van der Waals surface area contributed by atoms with Crippen molar-refractivity contribution in [1.82, 2.24) is 0 Å². The van der Waals surface area contributed by atoms with Crippen LogP contribution in [0.3, 0.4) is 0 Å². The fraction of sp³-hybridized carbons (Fsp3) is 0.243. The first kappa shape index (κ1) is 31.4. The minimum Gasteiger partial charge on any atom is -0.0656 e. The zero-order chi connectivity index (χ0) is 27.5. The highest BCUT2D eigenvalue weighted by Gasteiger charge is 1.92. The van der Waals surface area contributed by atoms with Gasteiger partial charge in [0.1, 0.15) is 0 Å². The van der Waals surface area contributed by atoms with Crippen LogP contribution in [0.1, 0.15) is 53.6 Å². The fourth-order valence-corrected chi connectivity index (χ4v) is 3.19. The molecule has 0 saturated heterocycles. The van der Waals surface area contributed by atoms with E-state index in [-0.39, 0.29) is 0 Å². The molecule has 0 radical (unpaired) electrons. The van der Waals surface area contributed by atoms with E-state index in [1.54, 1.807) is 0 Å². The molecular formula is C37H46. The van der Waals surface area contributed by atoms with Crippen LogP contribution in [0.4, 0.5) is 0 Å². The summed E-state index contributed by atoms with van der Waals surface area (Å²) in [7, 11) is 0. The summed E-state index contributed by atoms with van der Waals surface area (Å²) in [5, 5.41) is 2.67. The number of rotatable bonds is 0. The van der Waals surface area contributed by atoms with Gasteiger partial charge in [-0.05, 0) is 52.3 Å². The van der Waals surface area contributed by atoms with Gasteiger partial charge in [-0.3, -0.25) is 0 Å². The molecule has 0 aromatic heterocycles. The summed E-state index contributed by atoms with van der Waals surface area (Å²) in [5.41, 5.74) is 7.95. The van der Waals surface area contributed by atoms with E-state index in [2.05, 4.69) is 140 Å². The Kier molecular flexibility index (Phi) is 15.8. The summed E-state index contributed by atoms with van der Waals surface area (Å²) in [6.45, 7) is 16.9. The van der Waals surface area contributed by atoms with Crippen molar-refractivity contribution in [2.45, 2.75) is 61.8 Å². The van der Waals surface area contributed by atoms with E-state index < -0.39 is 0 Å².